The molecule has 0 bridgehead atoms. The van der Waals surface area contributed by atoms with Crippen molar-refractivity contribution in [2.45, 2.75) is 13.8 Å². The second kappa shape index (κ2) is 3.21. The topological polar surface area (TPSA) is 0 Å². The van der Waals surface area contributed by atoms with Crippen LogP contribution in [0.4, 0.5) is 0 Å². The van der Waals surface area contributed by atoms with Crippen LogP contribution in [0.25, 0.3) is 6.08 Å². The molecule has 0 aromatic heterocycles. The summed E-state index contributed by atoms with van der Waals surface area (Å²) >= 11 is 0. The van der Waals surface area contributed by atoms with Crippen LogP contribution in [-0.4, -0.2) is 0 Å². The predicted molar refractivity (Wildman–Crippen MR) is 45.9 cm³/mol. The molecule has 0 radical (unpaired) electrons. The lowest BCUT2D eigenvalue weighted by Gasteiger charge is -1.92. The van der Waals surface area contributed by atoms with Gasteiger partial charge in [-0.3, -0.25) is 0 Å². The molecule has 0 aliphatic rings. The average molecular weight is 132 g/mol. The minimum Gasteiger partial charge on any atom is -0.0871 e. The number of allylic oxidation sites excluding steroid dienone is 1. The van der Waals surface area contributed by atoms with Gasteiger partial charge in [-0.05, 0) is 19.4 Å². The number of rotatable bonds is 1. The van der Waals surface area contributed by atoms with Crippen molar-refractivity contribution in [1.29, 1.82) is 0 Å². The predicted octanol–water partition coefficient (Wildman–Crippen LogP) is 3.03. The SMILES string of the molecule is CC=Cc1ccc(C)cc1. The van der Waals surface area contributed by atoms with E-state index in [1.165, 1.54) is 11.1 Å². The Labute approximate surface area is 62.2 Å². The van der Waals surface area contributed by atoms with Gasteiger partial charge in [0.25, 0.3) is 0 Å². The molecule has 0 unspecified atom stereocenters. The quantitative estimate of drug-likeness (QED) is 0.551. The first-order chi connectivity index (χ1) is 4.83. The van der Waals surface area contributed by atoms with Crippen LogP contribution >= 0.6 is 0 Å². The zero-order valence-electron chi connectivity index (χ0n) is 6.46. The standard InChI is InChI=1S/C10H12/c1-3-4-10-7-5-9(2)6-8-10/h3-8H,1-2H3. The molecule has 1 rings (SSSR count). The first-order valence-corrected chi connectivity index (χ1v) is 3.52. The Morgan fingerprint density at radius 3 is 2.20 bits per heavy atom. The molecule has 0 saturated heterocycles. The Balaban J connectivity index is 2.89. The van der Waals surface area contributed by atoms with Gasteiger partial charge in [-0.2, -0.15) is 0 Å². The molecule has 0 aliphatic heterocycles. The maximum Gasteiger partial charge on any atom is -0.0260 e. The number of benzene rings is 1. The molecule has 0 fully saturated rings. The van der Waals surface area contributed by atoms with Crippen LogP contribution in [-0.2, 0) is 0 Å². The Morgan fingerprint density at radius 2 is 1.70 bits per heavy atom. The lowest BCUT2D eigenvalue weighted by Crippen LogP contribution is -1.71. The molecule has 0 atom stereocenters. The molecule has 0 aliphatic carbocycles. The summed E-state index contributed by atoms with van der Waals surface area (Å²) in [5, 5.41) is 0. The molecular weight excluding hydrogens is 120 g/mol. The fourth-order valence-corrected chi connectivity index (χ4v) is 0.870. The van der Waals surface area contributed by atoms with Crippen LogP contribution in [0.15, 0.2) is 30.3 Å². The summed E-state index contributed by atoms with van der Waals surface area (Å²) in [4.78, 5) is 0. The Kier molecular flexibility index (Phi) is 2.27. The maximum absolute atomic E-state index is 2.12. The molecular formula is C10H12. The van der Waals surface area contributed by atoms with Crippen LogP contribution in [0.3, 0.4) is 0 Å². The fraction of sp³-hybridized carbons (Fsp3) is 0.200. The van der Waals surface area contributed by atoms with Crippen molar-refractivity contribution in [2.75, 3.05) is 0 Å². The van der Waals surface area contributed by atoms with Gasteiger partial charge < -0.3 is 0 Å². The molecule has 52 valence electrons. The number of hydrogen-bond donors (Lipinski definition) is 0. The third kappa shape index (κ3) is 1.73. The molecule has 0 saturated carbocycles. The van der Waals surface area contributed by atoms with E-state index >= 15 is 0 Å². The van der Waals surface area contributed by atoms with Crippen LogP contribution in [0.1, 0.15) is 18.1 Å². The smallest absolute Gasteiger partial charge is 0.0260 e. The highest BCUT2D eigenvalue weighted by molar-refractivity contribution is 5.48. The molecule has 0 heteroatoms. The molecule has 0 spiro atoms. The first-order valence-electron chi connectivity index (χ1n) is 3.52. The highest BCUT2D eigenvalue weighted by Crippen LogP contribution is 2.04. The van der Waals surface area contributed by atoms with E-state index < -0.39 is 0 Å². The summed E-state index contributed by atoms with van der Waals surface area (Å²) in [6.45, 7) is 4.12. The number of hydrogen-bond acceptors (Lipinski definition) is 0. The fourth-order valence-electron chi connectivity index (χ4n) is 0.870. The van der Waals surface area contributed by atoms with Crippen LogP contribution < -0.4 is 0 Å². The van der Waals surface area contributed by atoms with Gasteiger partial charge in [-0.25, -0.2) is 0 Å². The zero-order chi connectivity index (χ0) is 7.40. The van der Waals surface area contributed by atoms with Crippen molar-refractivity contribution < 1.29 is 0 Å². The molecule has 10 heavy (non-hydrogen) atoms. The van der Waals surface area contributed by atoms with Crippen molar-refractivity contribution in [3.05, 3.63) is 41.5 Å². The van der Waals surface area contributed by atoms with Crippen molar-refractivity contribution in [2.24, 2.45) is 0 Å². The monoisotopic (exact) mass is 132 g/mol. The normalized spacial score (nSPS) is 10.6. The Bertz CT molecular complexity index is 216. The maximum atomic E-state index is 2.12. The molecule has 0 N–H and O–H groups in total. The zero-order valence-corrected chi connectivity index (χ0v) is 6.46. The van der Waals surface area contributed by atoms with E-state index in [9.17, 15) is 0 Å². The van der Waals surface area contributed by atoms with Gasteiger partial charge in [0, 0.05) is 0 Å². The number of aryl methyl sites for hydroxylation is 1. The van der Waals surface area contributed by atoms with Crippen molar-refractivity contribution in [3.8, 4) is 0 Å². The second-order valence-corrected chi connectivity index (χ2v) is 2.41. The van der Waals surface area contributed by atoms with E-state index in [0.717, 1.165) is 0 Å². The summed E-state index contributed by atoms with van der Waals surface area (Å²) in [5.41, 5.74) is 2.58. The Hall–Kier alpha value is -1.04. The van der Waals surface area contributed by atoms with Crippen LogP contribution in [0.2, 0.25) is 0 Å². The third-order valence-electron chi connectivity index (χ3n) is 1.44. The van der Waals surface area contributed by atoms with E-state index in [4.69, 9.17) is 0 Å². The summed E-state index contributed by atoms with van der Waals surface area (Å²) in [6.07, 6.45) is 4.14. The molecule has 0 nitrogen and oxygen atoms in total. The summed E-state index contributed by atoms with van der Waals surface area (Å²) in [6, 6.07) is 8.48. The largest absolute Gasteiger partial charge is 0.0871 e. The van der Waals surface area contributed by atoms with Crippen LogP contribution in [0, 0.1) is 6.92 Å². The summed E-state index contributed by atoms with van der Waals surface area (Å²) in [5.74, 6) is 0. The third-order valence-corrected chi connectivity index (χ3v) is 1.44. The average Bonchev–Trinajstić information content (AvgIpc) is 1.95. The van der Waals surface area contributed by atoms with Crippen molar-refractivity contribution in [1.82, 2.24) is 0 Å². The lowest BCUT2D eigenvalue weighted by atomic mass is 10.1. The van der Waals surface area contributed by atoms with E-state index in [0.29, 0.717) is 0 Å². The van der Waals surface area contributed by atoms with Gasteiger partial charge in [0.15, 0.2) is 0 Å². The minimum absolute atomic E-state index is 1.27. The van der Waals surface area contributed by atoms with Crippen LogP contribution in [0.5, 0.6) is 0 Å². The lowest BCUT2D eigenvalue weighted by molar-refractivity contribution is 1.46. The van der Waals surface area contributed by atoms with E-state index in [1.807, 2.05) is 13.0 Å². The van der Waals surface area contributed by atoms with E-state index in [2.05, 4.69) is 37.3 Å². The van der Waals surface area contributed by atoms with Crippen molar-refractivity contribution in [3.63, 3.8) is 0 Å². The minimum atomic E-state index is 1.27. The highest BCUT2D eigenvalue weighted by Gasteiger charge is 1.83. The molecule has 1 aromatic rings. The highest BCUT2D eigenvalue weighted by atomic mass is 13.9. The van der Waals surface area contributed by atoms with Gasteiger partial charge in [-0.1, -0.05) is 42.0 Å². The van der Waals surface area contributed by atoms with Gasteiger partial charge in [0.1, 0.15) is 0 Å². The molecule has 0 heterocycles. The van der Waals surface area contributed by atoms with E-state index in [1.54, 1.807) is 0 Å². The summed E-state index contributed by atoms with van der Waals surface area (Å²) in [7, 11) is 0. The molecule has 1 aromatic carbocycles. The second-order valence-electron chi connectivity index (χ2n) is 2.41. The van der Waals surface area contributed by atoms with Gasteiger partial charge >= 0.3 is 0 Å². The van der Waals surface area contributed by atoms with Gasteiger partial charge in [-0.15, -0.1) is 0 Å². The first kappa shape index (κ1) is 7.07. The summed E-state index contributed by atoms with van der Waals surface area (Å²) < 4.78 is 0. The van der Waals surface area contributed by atoms with Crippen molar-refractivity contribution >= 4 is 6.08 Å². The Morgan fingerprint density at radius 1 is 1.10 bits per heavy atom. The van der Waals surface area contributed by atoms with Gasteiger partial charge in [0.2, 0.25) is 0 Å². The van der Waals surface area contributed by atoms with E-state index in [-0.39, 0.29) is 0 Å². The molecule has 0 amide bonds. The van der Waals surface area contributed by atoms with Gasteiger partial charge in [0.05, 0.1) is 0 Å².